The van der Waals surface area contributed by atoms with Gasteiger partial charge in [-0.3, -0.25) is 0 Å². The maximum absolute atomic E-state index is 10.1. The van der Waals surface area contributed by atoms with Gasteiger partial charge in [-0.25, -0.2) is 0 Å². The lowest BCUT2D eigenvalue weighted by Crippen LogP contribution is -2.44. The van der Waals surface area contributed by atoms with Crippen molar-refractivity contribution in [2.75, 3.05) is 19.8 Å². The van der Waals surface area contributed by atoms with Gasteiger partial charge in [0.2, 0.25) is 0 Å². The number of aliphatic hydroxyl groups is 1. The van der Waals surface area contributed by atoms with Crippen molar-refractivity contribution >= 4 is 0 Å². The smallest absolute Gasteiger partial charge is 0.125 e. The predicted octanol–water partition coefficient (Wildman–Crippen LogP) is 2.33. The highest BCUT2D eigenvalue weighted by atomic mass is 16.5. The Balaban J connectivity index is 2.10. The zero-order chi connectivity index (χ0) is 12.5. The molecule has 94 valence electrons. The normalized spacial score (nSPS) is 18.6. The topological polar surface area (TPSA) is 38.7 Å². The van der Waals surface area contributed by atoms with Crippen molar-refractivity contribution < 1.29 is 14.6 Å². The number of benzene rings is 1. The van der Waals surface area contributed by atoms with Crippen LogP contribution in [0.15, 0.2) is 24.3 Å². The van der Waals surface area contributed by atoms with E-state index >= 15 is 0 Å². The van der Waals surface area contributed by atoms with E-state index < -0.39 is 5.60 Å². The van der Waals surface area contributed by atoms with Crippen molar-refractivity contribution in [2.45, 2.75) is 26.4 Å². The Morgan fingerprint density at radius 2 is 2.00 bits per heavy atom. The molecule has 3 nitrogen and oxygen atoms in total. The van der Waals surface area contributed by atoms with Crippen LogP contribution in [-0.2, 0) is 10.3 Å². The first-order chi connectivity index (χ1) is 7.91. The van der Waals surface area contributed by atoms with Gasteiger partial charge < -0.3 is 14.6 Å². The molecule has 0 atom stereocenters. The zero-order valence-corrected chi connectivity index (χ0v) is 10.7. The fraction of sp³-hybridized carbons (Fsp3) is 0.571. The van der Waals surface area contributed by atoms with Crippen molar-refractivity contribution in [2.24, 2.45) is 5.41 Å². The van der Waals surface area contributed by atoms with Crippen LogP contribution in [0, 0.1) is 5.41 Å². The first kappa shape index (κ1) is 12.4. The van der Waals surface area contributed by atoms with Gasteiger partial charge in [0.15, 0.2) is 0 Å². The van der Waals surface area contributed by atoms with E-state index in [0.29, 0.717) is 6.61 Å². The lowest BCUT2D eigenvalue weighted by molar-refractivity contribution is -0.120. The molecule has 0 aliphatic carbocycles. The van der Waals surface area contributed by atoms with Gasteiger partial charge in [-0.05, 0) is 19.9 Å². The van der Waals surface area contributed by atoms with Gasteiger partial charge in [0.1, 0.15) is 5.75 Å². The molecule has 1 fully saturated rings. The maximum atomic E-state index is 10.1. The maximum Gasteiger partial charge on any atom is 0.125 e. The molecule has 1 aromatic carbocycles. The van der Waals surface area contributed by atoms with Crippen LogP contribution in [0.5, 0.6) is 5.75 Å². The monoisotopic (exact) mass is 236 g/mol. The van der Waals surface area contributed by atoms with E-state index in [0.717, 1.165) is 24.5 Å². The summed E-state index contributed by atoms with van der Waals surface area (Å²) >= 11 is 0. The highest BCUT2D eigenvalue weighted by Crippen LogP contribution is 2.32. The van der Waals surface area contributed by atoms with E-state index in [9.17, 15) is 5.11 Å². The SMILES string of the molecule is CC1(COc2ccccc2C(C)(C)O)COC1. The zero-order valence-electron chi connectivity index (χ0n) is 10.7. The van der Waals surface area contributed by atoms with E-state index in [4.69, 9.17) is 9.47 Å². The molecule has 1 aliphatic rings. The van der Waals surface area contributed by atoms with E-state index in [2.05, 4.69) is 6.92 Å². The van der Waals surface area contributed by atoms with Gasteiger partial charge >= 0.3 is 0 Å². The molecule has 0 bridgehead atoms. The molecule has 1 N–H and O–H groups in total. The summed E-state index contributed by atoms with van der Waals surface area (Å²) in [7, 11) is 0. The minimum atomic E-state index is -0.881. The fourth-order valence-electron chi connectivity index (χ4n) is 1.88. The predicted molar refractivity (Wildman–Crippen MR) is 66.1 cm³/mol. The molecule has 0 spiro atoms. The summed E-state index contributed by atoms with van der Waals surface area (Å²) in [4.78, 5) is 0. The van der Waals surface area contributed by atoms with Gasteiger partial charge in [0, 0.05) is 11.0 Å². The van der Waals surface area contributed by atoms with Crippen LogP contribution in [0.2, 0.25) is 0 Å². The summed E-state index contributed by atoms with van der Waals surface area (Å²) in [5.74, 6) is 0.758. The van der Waals surface area contributed by atoms with Crippen molar-refractivity contribution in [3.05, 3.63) is 29.8 Å². The van der Waals surface area contributed by atoms with Crippen LogP contribution in [0.4, 0.5) is 0 Å². The molecule has 0 unspecified atom stereocenters. The third-order valence-electron chi connectivity index (χ3n) is 3.02. The van der Waals surface area contributed by atoms with Gasteiger partial charge in [-0.15, -0.1) is 0 Å². The Bertz CT molecular complexity index is 389. The van der Waals surface area contributed by atoms with Gasteiger partial charge in [0.25, 0.3) is 0 Å². The lowest BCUT2D eigenvalue weighted by atomic mass is 9.90. The van der Waals surface area contributed by atoms with Gasteiger partial charge in [-0.2, -0.15) is 0 Å². The first-order valence-corrected chi connectivity index (χ1v) is 5.93. The standard InChI is InChI=1S/C14H20O3/c1-13(2,15)11-6-4-5-7-12(11)17-10-14(3)8-16-9-14/h4-7,15H,8-10H2,1-3H3. The molecule has 1 aliphatic heterocycles. The van der Waals surface area contributed by atoms with Crippen LogP contribution in [0.25, 0.3) is 0 Å². The number of rotatable bonds is 4. The molecule has 1 heterocycles. The quantitative estimate of drug-likeness (QED) is 0.872. The molecule has 3 heteroatoms. The number of hydrogen-bond acceptors (Lipinski definition) is 3. The summed E-state index contributed by atoms with van der Waals surface area (Å²) < 4.78 is 11.0. The number of ether oxygens (including phenoxy) is 2. The molecular weight excluding hydrogens is 216 g/mol. The van der Waals surface area contributed by atoms with E-state index in [1.54, 1.807) is 13.8 Å². The summed E-state index contributed by atoms with van der Waals surface area (Å²) in [5.41, 5.74) is 0.0594. The average Bonchev–Trinajstić information content (AvgIpc) is 2.23. The molecule has 0 radical (unpaired) electrons. The van der Waals surface area contributed by atoms with Gasteiger partial charge in [0.05, 0.1) is 25.4 Å². The Kier molecular flexibility index (Phi) is 3.15. The van der Waals surface area contributed by atoms with E-state index in [1.807, 2.05) is 24.3 Å². The van der Waals surface area contributed by atoms with Crippen LogP contribution >= 0.6 is 0 Å². The summed E-state index contributed by atoms with van der Waals surface area (Å²) in [6.45, 7) is 7.80. The molecule has 0 aromatic heterocycles. The molecule has 2 rings (SSSR count). The van der Waals surface area contributed by atoms with Gasteiger partial charge in [-0.1, -0.05) is 25.1 Å². The third-order valence-corrected chi connectivity index (χ3v) is 3.02. The summed E-state index contributed by atoms with van der Waals surface area (Å²) in [6, 6.07) is 7.63. The summed E-state index contributed by atoms with van der Waals surface area (Å²) in [6.07, 6.45) is 0. The van der Waals surface area contributed by atoms with Crippen LogP contribution < -0.4 is 4.74 Å². The molecular formula is C14H20O3. The van der Waals surface area contributed by atoms with Crippen molar-refractivity contribution in [1.82, 2.24) is 0 Å². The molecule has 17 heavy (non-hydrogen) atoms. The van der Waals surface area contributed by atoms with Crippen molar-refractivity contribution in [3.8, 4) is 5.75 Å². The van der Waals surface area contributed by atoms with Crippen molar-refractivity contribution in [3.63, 3.8) is 0 Å². The lowest BCUT2D eigenvalue weighted by Gasteiger charge is -2.37. The highest BCUT2D eigenvalue weighted by molar-refractivity contribution is 5.37. The second kappa shape index (κ2) is 4.31. The minimum absolute atomic E-state index is 0.118. The largest absolute Gasteiger partial charge is 0.492 e. The van der Waals surface area contributed by atoms with E-state index in [-0.39, 0.29) is 5.41 Å². The molecule has 0 saturated carbocycles. The molecule has 0 amide bonds. The minimum Gasteiger partial charge on any atom is -0.492 e. The Morgan fingerprint density at radius 1 is 1.35 bits per heavy atom. The van der Waals surface area contributed by atoms with Crippen LogP contribution in [0.3, 0.4) is 0 Å². The number of para-hydroxylation sites is 1. The highest BCUT2D eigenvalue weighted by Gasteiger charge is 2.34. The fourth-order valence-corrected chi connectivity index (χ4v) is 1.88. The second-order valence-corrected chi connectivity index (χ2v) is 5.65. The third kappa shape index (κ3) is 2.79. The number of hydrogen-bond donors (Lipinski definition) is 1. The molecule has 1 aromatic rings. The summed E-state index contributed by atoms with van der Waals surface area (Å²) in [5, 5.41) is 10.1. The Labute approximate surface area is 102 Å². The molecule has 1 saturated heterocycles. The van der Waals surface area contributed by atoms with Crippen molar-refractivity contribution in [1.29, 1.82) is 0 Å². The first-order valence-electron chi connectivity index (χ1n) is 5.93. The van der Waals surface area contributed by atoms with Crippen LogP contribution in [-0.4, -0.2) is 24.9 Å². The Morgan fingerprint density at radius 3 is 2.53 bits per heavy atom. The second-order valence-electron chi connectivity index (χ2n) is 5.65. The van der Waals surface area contributed by atoms with Crippen LogP contribution in [0.1, 0.15) is 26.3 Å². The average molecular weight is 236 g/mol. The Hall–Kier alpha value is -1.06. The van der Waals surface area contributed by atoms with E-state index in [1.165, 1.54) is 0 Å².